The van der Waals surface area contributed by atoms with E-state index < -0.39 is 5.82 Å². The van der Waals surface area contributed by atoms with E-state index in [1.54, 1.807) is 10.9 Å². The maximum absolute atomic E-state index is 13.4. The Bertz CT molecular complexity index is 538. The summed E-state index contributed by atoms with van der Waals surface area (Å²) in [4.78, 5) is 3.88. The van der Waals surface area contributed by atoms with Gasteiger partial charge in [0, 0.05) is 31.0 Å². The zero-order chi connectivity index (χ0) is 12.4. The van der Waals surface area contributed by atoms with Crippen LogP contribution in [-0.4, -0.2) is 14.8 Å². The average molecular weight is 255 g/mol. The molecular weight excluding hydrogens is 243 g/mol. The number of nitrogens with one attached hydrogen (secondary N) is 1. The van der Waals surface area contributed by atoms with Crippen LogP contribution in [0.25, 0.3) is 0 Å². The Morgan fingerprint density at radius 2 is 2.24 bits per heavy atom. The molecule has 0 unspecified atom stereocenters. The number of pyridine rings is 1. The van der Waals surface area contributed by atoms with Crippen LogP contribution in [0, 0.1) is 12.7 Å². The maximum Gasteiger partial charge on any atom is 0.166 e. The van der Waals surface area contributed by atoms with Crippen molar-refractivity contribution in [2.24, 2.45) is 7.05 Å². The molecular formula is C11H12ClFN4. The lowest BCUT2D eigenvalue weighted by Gasteiger charge is -2.06. The molecule has 0 saturated carbocycles. The van der Waals surface area contributed by atoms with Crippen LogP contribution in [0.3, 0.4) is 0 Å². The van der Waals surface area contributed by atoms with Gasteiger partial charge in [-0.05, 0) is 13.0 Å². The van der Waals surface area contributed by atoms with Crippen LogP contribution in [-0.2, 0) is 13.6 Å². The van der Waals surface area contributed by atoms with Crippen LogP contribution in [0.4, 0.5) is 10.2 Å². The summed E-state index contributed by atoms with van der Waals surface area (Å²) in [5.74, 6) is -0.267. The van der Waals surface area contributed by atoms with E-state index in [1.807, 2.05) is 14.0 Å². The van der Waals surface area contributed by atoms with Gasteiger partial charge in [0.1, 0.15) is 0 Å². The number of anilines is 1. The zero-order valence-corrected chi connectivity index (χ0v) is 10.3. The van der Waals surface area contributed by atoms with Crippen molar-refractivity contribution in [2.45, 2.75) is 13.5 Å². The highest BCUT2D eigenvalue weighted by Gasteiger charge is 2.07. The Morgan fingerprint density at radius 3 is 2.82 bits per heavy atom. The molecule has 90 valence electrons. The Labute approximate surface area is 103 Å². The summed E-state index contributed by atoms with van der Waals surface area (Å²) in [6.45, 7) is 2.43. The third-order valence-corrected chi connectivity index (χ3v) is 2.80. The summed E-state index contributed by atoms with van der Waals surface area (Å²) >= 11 is 5.62. The van der Waals surface area contributed by atoms with Crippen molar-refractivity contribution in [1.29, 1.82) is 0 Å². The van der Waals surface area contributed by atoms with E-state index in [4.69, 9.17) is 11.6 Å². The fourth-order valence-corrected chi connectivity index (χ4v) is 1.59. The largest absolute Gasteiger partial charge is 0.363 e. The summed E-state index contributed by atoms with van der Waals surface area (Å²) < 4.78 is 15.2. The standard InChI is InChI=1S/C11H12ClFN4/c1-7-8(5-16-17(7)2)4-14-11-10(13)3-9(12)6-15-11/h3,5-6H,4H2,1-2H3,(H,14,15). The number of halogens is 2. The van der Waals surface area contributed by atoms with Crippen LogP contribution >= 0.6 is 11.6 Å². The number of hydrogen-bond donors (Lipinski definition) is 1. The molecule has 0 aromatic carbocycles. The monoisotopic (exact) mass is 254 g/mol. The molecule has 1 N–H and O–H groups in total. The topological polar surface area (TPSA) is 42.7 Å². The second-order valence-corrected chi connectivity index (χ2v) is 4.15. The summed E-state index contributed by atoms with van der Waals surface area (Å²) in [7, 11) is 1.86. The summed E-state index contributed by atoms with van der Waals surface area (Å²) in [6.07, 6.45) is 3.15. The van der Waals surface area contributed by atoms with Gasteiger partial charge in [-0.2, -0.15) is 5.10 Å². The van der Waals surface area contributed by atoms with Crippen molar-refractivity contribution in [3.63, 3.8) is 0 Å². The second-order valence-electron chi connectivity index (χ2n) is 3.72. The van der Waals surface area contributed by atoms with E-state index in [9.17, 15) is 4.39 Å². The lowest BCUT2D eigenvalue weighted by molar-refractivity contribution is 0.624. The Morgan fingerprint density at radius 1 is 1.47 bits per heavy atom. The molecule has 0 aliphatic carbocycles. The third-order valence-electron chi connectivity index (χ3n) is 2.59. The molecule has 2 rings (SSSR count). The maximum atomic E-state index is 13.4. The highest BCUT2D eigenvalue weighted by molar-refractivity contribution is 6.30. The van der Waals surface area contributed by atoms with Gasteiger partial charge in [-0.25, -0.2) is 9.37 Å². The molecule has 2 aromatic heterocycles. The van der Waals surface area contributed by atoms with E-state index in [2.05, 4.69) is 15.4 Å². The molecule has 0 aliphatic rings. The predicted molar refractivity (Wildman–Crippen MR) is 64.5 cm³/mol. The number of hydrogen-bond acceptors (Lipinski definition) is 3. The predicted octanol–water partition coefficient (Wildman–Crippen LogP) is 2.53. The highest BCUT2D eigenvalue weighted by atomic mass is 35.5. The van der Waals surface area contributed by atoms with E-state index in [1.165, 1.54) is 12.3 Å². The lowest BCUT2D eigenvalue weighted by atomic mass is 10.2. The number of nitrogens with zero attached hydrogens (tertiary/aromatic N) is 3. The molecule has 0 bridgehead atoms. The minimum Gasteiger partial charge on any atom is -0.363 e. The minimum atomic E-state index is -0.459. The van der Waals surface area contributed by atoms with Gasteiger partial charge in [0.25, 0.3) is 0 Å². The molecule has 2 aromatic rings. The number of aryl methyl sites for hydroxylation is 1. The molecule has 0 fully saturated rings. The van der Waals surface area contributed by atoms with Crippen molar-refractivity contribution in [3.05, 3.63) is 40.6 Å². The summed E-state index contributed by atoms with van der Waals surface area (Å²) in [5, 5.41) is 7.30. The van der Waals surface area contributed by atoms with Crippen LogP contribution in [0.5, 0.6) is 0 Å². The molecule has 0 radical (unpaired) electrons. The van der Waals surface area contributed by atoms with Crippen LogP contribution < -0.4 is 5.32 Å². The van der Waals surface area contributed by atoms with Gasteiger partial charge >= 0.3 is 0 Å². The van der Waals surface area contributed by atoms with Crippen molar-refractivity contribution < 1.29 is 4.39 Å². The molecule has 0 spiro atoms. The van der Waals surface area contributed by atoms with Gasteiger partial charge in [-0.1, -0.05) is 11.6 Å². The van der Waals surface area contributed by atoms with E-state index in [-0.39, 0.29) is 10.8 Å². The van der Waals surface area contributed by atoms with Gasteiger partial charge < -0.3 is 5.32 Å². The first kappa shape index (κ1) is 11.9. The van der Waals surface area contributed by atoms with E-state index in [0.29, 0.717) is 6.54 Å². The number of rotatable bonds is 3. The van der Waals surface area contributed by atoms with Crippen molar-refractivity contribution in [2.75, 3.05) is 5.32 Å². The number of aromatic nitrogens is 3. The van der Waals surface area contributed by atoms with Crippen LogP contribution in [0.15, 0.2) is 18.5 Å². The first-order valence-corrected chi connectivity index (χ1v) is 5.48. The molecule has 0 aliphatic heterocycles. The van der Waals surface area contributed by atoms with Crippen LogP contribution in [0.2, 0.25) is 5.02 Å². The molecule has 0 atom stereocenters. The zero-order valence-electron chi connectivity index (χ0n) is 9.54. The van der Waals surface area contributed by atoms with Gasteiger partial charge in [-0.15, -0.1) is 0 Å². The van der Waals surface area contributed by atoms with Crippen molar-refractivity contribution >= 4 is 17.4 Å². The second kappa shape index (κ2) is 4.71. The normalized spacial score (nSPS) is 10.6. The van der Waals surface area contributed by atoms with Crippen LogP contribution in [0.1, 0.15) is 11.3 Å². The smallest absolute Gasteiger partial charge is 0.166 e. The molecule has 6 heteroatoms. The van der Waals surface area contributed by atoms with E-state index >= 15 is 0 Å². The summed E-state index contributed by atoms with van der Waals surface area (Å²) in [5.41, 5.74) is 2.04. The van der Waals surface area contributed by atoms with Crippen molar-refractivity contribution in [3.8, 4) is 0 Å². The minimum absolute atomic E-state index is 0.192. The lowest BCUT2D eigenvalue weighted by Crippen LogP contribution is -2.04. The first-order chi connectivity index (χ1) is 8.08. The molecule has 0 saturated heterocycles. The highest BCUT2D eigenvalue weighted by Crippen LogP contribution is 2.16. The quantitative estimate of drug-likeness (QED) is 0.915. The Kier molecular flexibility index (Phi) is 3.28. The first-order valence-electron chi connectivity index (χ1n) is 5.10. The Hall–Kier alpha value is -1.62. The average Bonchev–Trinajstić information content (AvgIpc) is 2.59. The SMILES string of the molecule is Cc1c(CNc2ncc(Cl)cc2F)cnn1C. The van der Waals surface area contributed by atoms with Gasteiger partial charge in [0.15, 0.2) is 11.6 Å². The molecule has 4 nitrogen and oxygen atoms in total. The molecule has 2 heterocycles. The van der Waals surface area contributed by atoms with Gasteiger partial charge in [0.2, 0.25) is 0 Å². The molecule has 17 heavy (non-hydrogen) atoms. The fourth-order valence-electron chi connectivity index (χ4n) is 1.44. The summed E-state index contributed by atoms with van der Waals surface area (Å²) in [6, 6.07) is 1.23. The third kappa shape index (κ3) is 2.55. The Balaban J connectivity index is 2.10. The molecule has 0 amide bonds. The van der Waals surface area contributed by atoms with Gasteiger partial charge in [-0.3, -0.25) is 4.68 Å². The van der Waals surface area contributed by atoms with Crippen molar-refractivity contribution in [1.82, 2.24) is 14.8 Å². The fraction of sp³-hybridized carbons (Fsp3) is 0.273. The van der Waals surface area contributed by atoms with E-state index in [0.717, 1.165) is 11.3 Å². The van der Waals surface area contributed by atoms with Gasteiger partial charge in [0.05, 0.1) is 11.2 Å².